The molecule has 1 heterocycles. The van der Waals surface area contributed by atoms with E-state index in [2.05, 4.69) is 4.98 Å². The molecule has 0 radical (unpaired) electrons. The van der Waals surface area contributed by atoms with Crippen molar-refractivity contribution in [3.05, 3.63) is 54.7 Å². The van der Waals surface area contributed by atoms with Crippen LogP contribution in [0.25, 0.3) is 21.0 Å². The van der Waals surface area contributed by atoms with E-state index in [0.717, 1.165) is 32.5 Å². The van der Waals surface area contributed by atoms with Gasteiger partial charge in [0, 0.05) is 11.8 Å². The molecule has 0 aliphatic rings. The number of nitrogens with zero attached hydrogens (tertiary/aromatic N) is 1. The molecule has 106 valence electrons. The van der Waals surface area contributed by atoms with Crippen LogP contribution in [0.2, 0.25) is 0 Å². The Labute approximate surface area is 127 Å². The van der Waals surface area contributed by atoms with E-state index in [9.17, 15) is 0 Å². The molecule has 0 spiro atoms. The number of ether oxygens (including phenoxy) is 2. The molecule has 0 bridgehead atoms. The fourth-order valence-corrected chi connectivity index (χ4v) is 3.17. The van der Waals surface area contributed by atoms with E-state index in [0.29, 0.717) is 0 Å². The smallest absolute Gasteiger partial charge is 0.129 e. The second-order valence-electron chi connectivity index (χ2n) is 4.43. The van der Waals surface area contributed by atoms with Gasteiger partial charge < -0.3 is 9.47 Å². The van der Waals surface area contributed by atoms with Crippen LogP contribution >= 0.6 is 11.3 Å². The van der Waals surface area contributed by atoms with Crippen LogP contribution in [-0.2, 0) is 0 Å². The molecular formula is C17H15NO2S. The van der Waals surface area contributed by atoms with E-state index in [1.54, 1.807) is 25.6 Å². The van der Waals surface area contributed by atoms with E-state index < -0.39 is 0 Å². The Morgan fingerprint density at radius 3 is 2.05 bits per heavy atom. The maximum atomic E-state index is 5.41. The fraction of sp³-hybridized carbons (Fsp3) is 0.118. The molecule has 3 aromatic rings. The predicted molar refractivity (Wildman–Crippen MR) is 86.1 cm³/mol. The first-order chi connectivity index (χ1) is 10.3. The van der Waals surface area contributed by atoms with Crippen LogP contribution in [0.1, 0.15) is 0 Å². The summed E-state index contributed by atoms with van der Waals surface area (Å²) < 4.78 is 10.8. The zero-order chi connectivity index (χ0) is 14.7. The zero-order valence-corrected chi connectivity index (χ0v) is 12.7. The molecule has 2 aromatic carbocycles. The van der Waals surface area contributed by atoms with Crippen molar-refractivity contribution in [3.63, 3.8) is 0 Å². The standard InChI is InChI=1S/C17H15NO2S/c1-19-14-9-5-3-7-12(14)16-11-18-17(21-16)13-8-4-6-10-15(13)20-2/h3-11H,1-2H3. The normalized spacial score (nSPS) is 10.4. The maximum absolute atomic E-state index is 5.41. The number of aromatic nitrogens is 1. The molecule has 1 aromatic heterocycles. The lowest BCUT2D eigenvalue weighted by atomic mass is 10.2. The molecule has 3 nitrogen and oxygen atoms in total. The molecule has 0 atom stereocenters. The maximum Gasteiger partial charge on any atom is 0.129 e. The molecular weight excluding hydrogens is 282 g/mol. The van der Waals surface area contributed by atoms with Gasteiger partial charge in [-0.3, -0.25) is 0 Å². The highest BCUT2D eigenvalue weighted by Crippen LogP contribution is 2.39. The molecule has 4 heteroatoms. The summed E-state index contributed by atoms with van der Waals surface area (Å²) in [5.74, 6) is 1.69. The lowest BCUT2D eigenvalue weighted by molar-refractivity contribution is 0.416. The van der Waals surface area contributed by atoms with Crippen molar-refractivity contribution in [1.29, 1.82) is 0 Å². The first kappa shape index (κ1) is 13.6. The summed E-state index contributed by atoms with van der Waals surface area (Å²) >= 11 is 1.63. The molecule has 0 aliphatic heterocycles. The van der Waals surface area contributed by atoms with E-state index in [4.69, 9.17) is 9.47 Å². The third kappa shape index (κ3) is 2.62. The first-order valence-electron chi connectivity index (χ1n) is 6.56. The Bertz CT molecular complexity index is 690. The summed E-state index contributed by atoms with van der Waals surface area (Å²) in [7, 11) is 3.36. The largest absolute Gasteiger partial charge is 0.496 e. The van der Waals surface area contributed by atoms with Crippen molar-refractivity contribution in [3.8, 4) is 32.5 Å². The van der Waals surface area contributed by atoms with Gasteiger partial charge in [0.05, 0.1) is 24.7 Å². The van der Waals surface area contributed by atoms with Crippen LogP contribution in [0, 0.1) is 0 Å². The first-order valence-corrected chi connectivity index (χ1v) is 7.37. The second kappa shape index (κ2) is 5.97. The second-order valence-corrected chi connectivity index (χ2v) is 5.46. The highest BCUT2D eigenvalue weighted by molar-refractivity contribution is 7.18. The van der Waals surface area contributed by atoms with E-state index in [-0.39, 0.29) is 0 Å². The van der Waals surface area contributed by atoms with Crippen molar-refractivity contribution in [2.45, 2.75) is 0 Å². The minimum Gasteiger partial charge on any atom is -0.496 e. The summed E-state index contributed by atoms with van der Waals surface area (Å²) in [6, 6.07) is 15.9. The predicted octanol–water partition coefficient (Wildman–Crippen LogP) is 4.49. The van der Waals surface area contributed by atoms with Crippen molar-refractivity contribution < 1.29 is 9.47 Å². The Balaban J connectivity index is 2.04. The van der Waals surface area contributed by atoms with Gasteiger partial charge in [-0.1, -0.05) is 24.3 Å². The number of rotatable bonds is 4. The quantitative estimate of drug-likeness (QED) is 0.711. The van der Waals surface area contributed by atoms with Crippen LogP contribution in [0.4, 0.5) is 0 Å². The monoisotopic (exact) mass is 297 g/mol. The highest BCUT2D eigenvalue weighted by atomic mass is 32.1. The molecule has 0 aliphatic carbocycles. The van der Waals surface area contributed by atoms with Crippen LogP contribution in [0.5, 0.6) is 11.5 Å². The minimum absolute atomic E-state index is 0.832. The van der Waals surface area contributed by atoms with E-state index in [1.165, 1.54) is 0 Å². The highest BCUT2D eigenvalue weighted by Gasteiger charge is 2.12. The Morgan fingerprint density at radius 1 is 0.810 bits per heavy atom. The average Bonchev–Trinajstić information content (AvgIpc) is 3.04. The van der Waals surface area contributed by atoms with Gasteiger partial charge in [0.2, 0.25) is 0 Å². The van der Waals surface area contributed by atoms with Crippen LogP contribution in [0.3, 0.4) is 0 Å². The Morgan fingerprint density at radius 2 is 1.38 bits per heavy atom. The van der Waals surface area contributed by atoms with Crippen molar-refractivity contribution in [1.82, 2.24) is 4.98 Å². The van der Waals surface area contributed by atoms with Crippen molar-refractivity contribution in [2.75, 3.05) is 14.2 Å². The molecule has 0 unspecified atom stereocenters. The van der Waals surface area contributed by atoms with Gasteiger partial charge in [-0.15, -0.1) is 11.3 Å². The fourth-order valence-electron chi connectivity index (χ4n) is 2.19. The average molecular weight is 297 g/mol. The van der Waals surface area contributed by atoms with Gasteiger partial charge in [-0.25, -0.2) is 4.98 Å². The summed E-state index contributed by atoms with van der Waals surface area (Å²) in [4.78, 5) is 5.61. The molecule has 0 fully saturated rings. The van der Waals surface area contributed by atoms with Gasteiger partial charge in [0.25, 0.3) is 0 Å². The van der Waals surface area contributed by atoms with Crippen molar-refractivity contribution >= 4 is 11.3 Å². The summed E-state index contributed by atoms with van der Waals surface area (Å²) in [5, 5.41) is 0.938. The van der Waals surface area contributed by atoms with Gasteiger partial charge in [-0.05, 0) is 24.3 Å². The summed E-state index contributed by atoms with van der Waals surface area (Å²) in [6.07, 6.45) is 1.88. The van der Waals surface area contributed by atoms with E-state index in [1.807, 2.05) is 54.7 Å². The number of thiazole rings is 1. The van der Waals surface area contributed by atoms with Gasteiger partial charge >= 0.3 is 0 Å². The molecule has 0 saturated carbocycles. The molecule has 0 N–H and O–H groups in total. The van der Waals surface area contributed by atoms with Gasteiger partial charge in [0.1, 0.15) is 16.5 Å². The number of benzene rings is 2. The van der Waals surface area contributed by atoms with Gasteiger partial charge in [-0.2, -0.15) is 0 Å². The SMILES string of the molecule is COc1ccccc1-c1cnc(-c2ccccc2OC)s1. The topological polar surface area (TPSA) is 31.4 Å². The van der Waals surface area contributed by atoms with Crippen LogP contribution in [0.15, 0.2) is 54.7 Å². The molecule has 0 saturated heterocycles. The van der Waals surface area contributed by atoms with Gasteiger partial charge in [0.15, 0.2) is 0 Å². The molecule has 21 heavy (non-hydrogen) atoms. The Hall–Kier alpha value is -2.33. The number of para-hydroxylation sites is 2. The number of methoxy groups -OCH3 is 2. The summed E-state index contributed by atoms with van der Waals surface area (Å²) in [5.41, 5.74) is 2.06. The summed E-state index contributed by atoms with van der Waals surface area (Å²) in [6.45, 7) is 0. The number of hydrogen-bond acceptors (Lipinski definition) is 4. The third-order valence-corrected chi connectivity index (χ3v) is 4.28. The van der Waals surface area contributed by atoms with Crippen molar-refractivity contribution in [2.24, 2.45) is 0 Å². The number of hydrogen-bond donors (Lipinski definition) is 0. The lowest BCUT2D eigenvalue weighted by Gasteiger charge is -2.05. The lowest BCUT2D eigenvalue weighted by Crippen LogP contribution is -1.86. The minimum atomic E-state index is 0.832. The van der Waals surface area contributed by atoms with Crippen LogP contribution in [-0.4, -0.2) is 19.2 Å². The van der Waals surface area contributed by atoms with E-state index >= 15 is 0 Å². The van der Waals surface area contributed by atoms with Crippen LogP contribution < -0.4 is 9.47 Å². The molecule has 3 rings (SSSR count). The third-order valence-electron chi connectivity index (χ3n) is 3.22. The molecule has 0 amide bonds. The zero-order valence-electron chi connectivity index (χ0n) is 11.9. The Kier molecular flexibility index (Phi) is 3.88.